The molecule has 2 aromatic carbocycles. The third kappa shape index (κ3) is 3.51. The highest BCUT2D eigenvalue weighted by Crippen LogP contribution is 2.49. The van der Waals surface area contributed by atoms with Crippen molar-refractivity contribution < 1.29 is 4.79 Å². The standard InChI is InChI=1S/C24H28N2O/c1-3-4-14-25-24(27)18-12-13-22-21(15-18)19-6-5-7-20(19)23(26-22)17-10-8-16(2)9-11-17/h5-6,8-13,15,19-20,23,26H,3-4,7,14H2,1-2H3,(H,25,27). The van der Waals surface area contributed by atoms with E-state index in [0.717, 1.165) is 37.1 Å². The largest absolute Gasteiger partial charge is 0.378 e. The van der Waals surface area contributed by atoms with Crippen LogP contribution in [-0.2, 0) is 0 Å². The SMILES string of the molecule is CCCCNC(=O)c1ccc2c(c1)C1C=CCC1C(c1ccc(C)cc1)N2. The van der Waals surface area contributed by atoms with Gasteiger partial charge in [-0.3, -0.25) is 4.79 Å². The molecule has 1 heterocycles. The summed E-state index contributed by atoms with van der Waals surface area (Å²) in [4.78, 5) is 12.5. The molecule has 3 nitrogen and oxygen atoms in total. The number of carbonyl (C=O) groups is 1. The molecule has 2 aliphatic rings. The Morgan fingerprint density at radius 1 is 1.19 bits per heavy atom. The van der Waals surface area contributed by atoms with E-state index in [2.05, 4.69) is 73.0 Å². The molecule has 3 heteroatoms. The Bertz CT molecular complexity index is 853. The van der Waals surface area contributed by atoms with Gasteiger partial charge in [0.15, 0.2) is 0 Å². The van der Waals surface area contributed by atoms with E-state index in [0.29, 0.717) is 17.9 Å². The van der Waals surface area contributed by atoms with Crippen molar-refractivity contribution in [2.45, 2.75) is 45.1 Å². The highest BCUT2D eigenvalue weighted by atomic mass is 16.1. The van der Waals surface area contributed by atoms with Crippen LogP contribution in [0.5, 0.6) is 0 Å². The summed E-state index contributed by atoms with van der Waals surface area (Å²) < 4.78 is 0. The van der Waals surface area contributed by atoms with E-state index in [1.54, 1.807) is 0 Å². The van der Waals surface area contributed by atoms with E-state index in [9.17, 15) is 4.79 Å². The van der Waals surface area contributed by atoms with Crippen molar-refractivity contribution in [3.8, 4) is 0 Å². The molecule has 3 atom stereocenters. The van der Waals surface area contributed by atoms with E-state index in [-0.39, 0.29) is 5.91 Å². The Morgan fingerprint density at radius 2 is 2.00 bits per heavy atom. The van der Waals surface area contributed by atoms with Crippen LogP contribution in [-0.4, -0.2) is 12.5 Å². The van der Waals surface area contributed by atoms with Crippen LogP contribution in [0.2, 0.25) is 0 Å². The van der Waals surface area contributed by atoms with Crippen LogP contribution in [0.15, 0.2) is 54.6 Å². The Hall–Kier alpha value is -2.55. The van der Waals surface area contributed by atoms with Gasteiger partial charge in [-0.05, 0) is 55.0 Å². The molecule has 0 saturated carbocycles. The van der Waals surface area contributed by atoms with Crippen LogP contribution in [0.4, 0.5) is 5.69 Å². The Kier molecular flexibility index (Phi) is 5.02. The maximum Gasteiger partial charge on any atom is 0.251 e. The summed E-state index contributed by atoms with van der Waals surface area (Å²) in [6.45, 7) is 5.00. The zero-order valence-electron chi connectivity index (χ0n) is 16.2. The number of unbranched alkanes of at least 4 members (excludes halogenated alkanes) is 1. The predicted molar refractivity (Wildman–Crippen MR) is 111 cm³/mol. The molecular weight excluding hydrogens is 332 g/mol. The number of anilines is 1. The van der Waals surface area contributed by atoms with Gasteiger partial charge in [0.05, 0.1) is 6.04 Å². The summed E-state index contributed by atoms with van der Waals surface area (Å²) >= 11 is 0. The zero-order chi connectivity index (χ0) is 18.8. The Balaban J connectivity index is 1.61. The van der Waals surface area contributed by atoms with E-state index >= 15 is 0 Å². The van der Waals surface area contributed by atoms with Crippen molar-refractivity contribution in [2.75, 3.05) is 11.9 Å². The lowest BCUT2D eigenvalue weighted by atomic mass is 9.76. The van der Waals surface area contributed by atoms with E-state index < -0.39 is 0 Å². The van der Waals surface area contributed by atoms with Gasteiger partial charge in [0.2, 0.25) is 0 Å². The third-order valence-corrected chi connectivity index (χ3v) is 5.88. The van der Waals surface area contributed by atoms with Crippen molar-refractivity contribution in [2.24, 2.45) is 5.92 Å². The van der Waals surface area contributed by atoms with Gasteiger partial charge in [-0.2, -0.15) is 0 Å². The molecule has 0 fully saturated rings. The minimum Gasteiger partial charge on any atom is -0.378 e. The summed E-state index contributed by atoms with van der Waals surface area (Å²) in [5.74, 6) is 0.903. The number of aryl methyl sites for hydroxylation is 1. The second-order valence-electron chi connectivity index (χ2n) is 7.80. The molecule has 1 amide bonds. The van der Waals surface area contributed by atoms with Crippen molar-refractivity contribution in [3.63, 3.8) is 0 Å². The fourth-order valence-electron chi connectivity index (χ4n) is 4.32. The molecule has 140 valence electrons. The summed E-state index contributed by atoms with van der Waals surface area (Å²) in [7, 11) is 0. The molecule has 0 radical (unpaired) electrons. The van der Waals surface area contributed by atoms with Gasteiger partial charge in [0.1, 0.15) is 0 Å². The number of hydrogen-bond acceptors (Lipinski definition) is 2. The fourth-order valence-corrected chi connectivity index (χ4v) is 4.32. The summed E-state index contributed by atoms with van der Waals surface area (Å²) in [5, 5.41) is 6.78. The van der Waals surface area contributed by atoms with Crippen molar-refractivity contribution >= 4 is 11.6 Å². The normalized spacial score (nSPS) is 22.7. The number of allylic oxidation sites excluding steroid dienone is 2. The van der Waals surface area contributed by atoms with Gasteiger partial charge < -0.3 is 10.6 Å². The Labute approximate surface area is 161 Å². The number of nitrogens with one attached hydrogen (secondary N) is 2. The first-order valence-corrected chi connectivity index (χ1v) is 10.1. The molecule has 4 rings (SSSR count). The summed E-state index contributed by atoms with van der Waals surface area (Å²) in [5.41, 5.74) is 5.79. The van der Waals surface area contributed by atoms with Gasteiger partial charge in [-0.25, -0.2) is 0 Å². The molecule has 0 aromatic heterocycles. The maximum atomic E-state index is 12.5. The quantitative estimate of drug-likeness (QED) is 0.557. The second kappa shape index (κ2) is 7.59. The monoisotopic (exact) mass is 360 g/mol. The third-order valence-electron chi connectivity index (χ3n) is 5.88. The first kappa shape index (κ1) is 17.8. The average molecular weight is 361 g/mol. The van der Waals surface area contributed by atoms with Gasteiger partial charge in [-0.15, -0.1) is 0 Å². The van der Waals surface area contributed by atoms with Gasteiger partial charge in [-0.1, -0.05) is 55.3 Å². The van der Waals surface area contributed by atoms with Gasteiger partial charge >= 0.3 is 0 Å². The van der Waals surface area contributed by atoms with E-state index in [4.69, 9.17) is 0 Å². The van der Waals surface area contributed by atoms with Crippen molar-refractivity contribution in [1.82, 2.24) is 5.32 Å². The summed E-state index contributed by atoms with van der Waals surface area (Å²) in [6.07, 6.45) is 7.79. The first-order valence-electron chi connectivity index (χ1n) is 10.1. The first-order chi connectivity index (χ1) is 13.2. The lowest BCUT2D eigenvalue weighted by molar-refractivity contribution is 0.0953. The van der Waals surface area contributed by atoms with Crippen LogP contribution in [0.3, 0.4) is 0 Å². The van der Waals surface area contributed by atoms with Crippen molar-refractivity contribution in [3.05, 3.63) is 76.9 Å². The molecular formula is C24H28N2O. The van der Waals surface area contributed by atoms with Gasteiger partial charge in [0, 0.05) is 23.7 Å². The number of fused-ring (bicyclic) bond motifs is 3. The highest BCUT2D eigenvalue weighted by Gasteiger charge is 2.38. The number of carbonyl (C=O) groups excluding carboxylic acids is 1. The molecule has 3 unspecified atom stereocenters. The van der Waals surface area contributed by atoms with Crippen LogP contribution in [0.1, 0.15) is 65.2 Å². The number of hydrogen-bond donors (Lipinski definition) is 2. The molecule has 0 bridgehead atoms. The molecule has 1 aliphatic carbocycles. The number of benzene rings is 2. The minimum atomic E-state index is 0.0328. The maximum absolute atomic E-state index is 12.5. The van der Waals surface area contributed by atoms with Crippen LogP contribution >= 0.6 is 0 Å². The molecule has 27 heavy (non-hydrogen) atoms. The molecule has 2 N–H and O–H groups in total. The van der Waals surface area contributed by atoms with Gasteiger partial charge in [0.25, 0.3) is 5.91 Å². The molecule has 1 aliphatic heterocycles. The summed E-state index contributed by atoms with van der Waals surface area (Å²) in [6, 6.07) is 15.3. The smallest absolute Gasteiger partial charge is 0.251 e. The average Bonchev–Trinajstić information content (AvgIpc) is 3.18. The molecule has 0 spiro atoms. The zero-order valence-corrected chi connectivity index (χ0v) is 16.2. The lowest BCUT2D eigenvalue weighted by Gasteiger charge is -2.37. The van der Waals surface area contributed by atoms with E-state index in [1.165, 1.54) is 16.7 Å². The highest BCUT2D eigenvalue weighted by molar-refractivity contribution is 5.95. The lowest BCUT2D eigenvalue weighted by Crippen LogP contribution is -2.30. The minimum absolute atomic E-state index is 0.0328. The van der Waals surface area contributed by atoms with Crippen molar-refractivity contribution in [1.29, 1.82) is 0 Å². The number of rotatable bonds is 5. The number of amides is 1. The second-order valence-corrected chi connectivity index (χ2v) is 7.80. The van der Waals surface area contributed by atoms with E-state index in [1.807, 2.05) is 6.07 Å². The van der Waals surface area contributed by atoms with Crippen LogP contribution < -0.4 is 10.6 Å². The van der Waals surface area contributed by atoms with Crippen LogP contribution in [0.25, 0.3) is 0 Å². The predicted octanol–water partition coefficient (Wildman–Crippen LogP) is 5.35. The van der Waals surface area contributed by atoms with Crippen LogP contribution in [0, 0.1) is 12.8 Å². The molecule has 0 saturated heterocycles. The Morgan fingerprint density at radius 3 is 2.78 bits per heavy atom. The fraction of sp³-hybridized carbons (Fsp3) is 0.375. The molecule has 2 aromatic rings. The topological polar surface area (TPSA) is 41.1 Å².